The lowest BCUT2D eigenvalue weighted by atomic mass is 9.79. The van der Waals surface area contributed by atoms with Crippen molar-refractivity contribution in [2.75, 3.05) is 53.0 Å². The van der Waals surface area contributed by atoms with Crippen LogP contribution >= 0.6 is 23.2 Å². The van der Waals surface area contributed by atoms with E-state index in [1.165, 1.54) is 0 Å². The van der Waals surface area contributed by atoms with Gasteiger partial charge in [0.1, 0.15) is 6.54 Å². The molecule has 1 aliphatic carbocycles. The lowest BCUT2D eigenvalue weighted by Gasteiger charge is -2.47. The van der Waals surface area contributed by atoms with Gasteiger partial charge in [-0.05, 0) is 37.0 Å². The number of hydrogen-bond acceptors (Lipinski definition) is 6. The van der Waals surface area contributed by atoms with Gasteiger partial charge in [0.2, 0.25) is 23.6 Å². The molecule has 39 heavy (non-hydrogen) atoms. The quantitative estimate of drug-likeness (QED) is 0.483. The Morgan fingerprint density at radius 2 is 1.85 bits per heavy atom. The standard InChI is InChI=1S/C27H38Cl2N6O4/c1-18(36)32-9-11-33(12-10-32)20-4-6-24-21(14-20)27(39)35(17-31-24)16-26(38)34(8-7-25(37)30-2)15-19-3-5-22(28)23(29)13-19/h3,5,13,20-21,24,31H,4,6-12,14-17H2,1-2H3,(H,30,37). The molecule has 0 radical (unpaired) electrons. The third kappa shape index (κ3) is 7.42. The summed E-state index contributed by atoms with van der Waals surface area (Å²) in [5.41, 5.74) is 0.790. The van der Waals surface area contributed by atoms with Gasteiger partial charge in [0.15, 0.2) is 0 Å². The van der Waals surface area contributed by atoms with Crippen LogP contribution in [0.4, 0.5) is 0 Å². The second kappa shape index (κ2) is 13.3. The smallest absolute Gasteiger partial charge is 0.242 e. The molecule has 10 nitrogen and oxygen atoms in total. The van der Waals surface area contributed by atoms with Crippen LogP contribution in [0.5, 0.6) is 0 Å². The van der Waals surface area contributed by atoms with Crippen molar-refractivity contribution in [3.05, 3.63) is 33.8 Å². The minimum atomic E-state index is -0.230. The number of nitrogens with zero attached hydrogens (tertiary/aromatic N) is 4. The predicted molar refractivity (Wildman–Crippen MR) is 149 cm³/mol. The summed E-state index contributed by atoms with van der Waals surface area (Å²) in [5, 5.41) is 6.88. The molecule has 0 bridgehead atoms. The summed E-state index contributed by atoms with van der Waals surface area (Å²) >= 11 is 12.2. The lowest BCUT2D eigenvalue weighted by Crippen LogP contribution is -2.62. The van der Waals surface area contributed by atoms with Gasteiger partial charge in [-0.25, -0.2) is 0 Å². The first-order chi connectivity index (χ1) is 18.7. The molecule has 0 aromatic heterocycles. The van der Waals surface area contributed by atoms with E-state index in [4.69, 9.17) is 23.2 Å². The second-order valence-corrected chi connectivity index (χ2v) is 11.4. The van der Waals surface area contributed by atoms with Gasteiger partial charge in [-0.1, -0.05) is 29.3 Å². The van der Waals surface area contributed by atoms with E-state index in [0.29, 0.717) is 22.8 Å². The number of carbonyl (C=O) groups is 4. The van der Waals surface area contributed by atoms with Crippen LogP contribution in [0.3, 0.4) is 0 Å². The Morgan fingerprint density at radius 3 is 2.51 bits per heavy atom. The molecule has 3 aliphatic rings. The summed E-state index contributed by atoms with van der Waals surface area (Å²) in [6.07, 6.45) is 2.81. The predicted octanol–water partition coefficient (Wildman–Crippen LogP) is 1.55. The van der Waals surface area contributed by atoms with Gasteiger partial charge in [-0.3, -0.25) is 29.4 Å². The molecule has 2 saturated heterocycles. The van der Waals surface area contributed by atoms with Crippen molar-refractivity contribution in [2.45, 2.75) is 51.2 Å². The largest absolute Gasteiger partial charge is 0.359 e. The van der Waals surface area contributed by atoms with E-state index in [2.05, 4.69) is 15.5 Å². The van der Waals surface area contributed by atoms with Crippen molar-refractivity contribution in [1.82, 2.24) is 30.2 Å². The first-order valence-corrected chi connectivity index (χ1v) is 14.4. The van der Waals surface area contributed by atoms with Gasteiger partial charge in [-0.2, -0.15) is 0 Å². The molecule has 1 saturated carbocycles. The molecule has 1 aromatic rings. The fraction of sp³-hybridized carbons (Fsp3) is 0.630. The van der Waals surface area contributed by atoms with E-state index in [9.17, 15) is 19.2 Å². The summed E-state index contributed by atoms with van der Waals surface area (Å²) in [6.45, 7) is 5.41. The van der Waals surface area contributed by atoms with Crippen molar-refractivity contribution in [3.8, 4) is 0 Å². The maximum Gasteiger partial charge on any atom is 0.242 e. The maximum absolute atomic E-state index is 13.6. The summed E-state index contributed by atoms with van der Waals surface area (Å²) in [5.74, 6) is -0.483. The topological polar surface area (TPSA) is 105 Å². The first-order valence-electron chi connectivity index (χ1n) is 13.6. The van der Waals surface area contributed by atoms with Crippen LogP contribution in [-0.2, 0) is 25.7 Å². The van der Waals surface area contributed by atoms with Crippen molar-refractivity contribution < 1.29 is 19.2 Å². The number of fused-ring (bicyclic) bond motifs is 1. The Balaban J connectivity index is 1.38. The first kappa shape index (κ1) is 29.6. The van der Waals surface area contributed by atoms with Crippen molar-refractivity contribution in [2.24, 2.45) is 5.92 Å². The lowest BCUT2D eigenvalue weighted by molar-refractivity contribution is -0.149. The van der Waals surface area contributed by atoms with Gasteiger partial charge in [0, 0.05) is 71.7 Å². The number of halogens is 2. The number of carbonyl (C=O) groups excluding carboxylic acids is 4. The van der Waals surface area contributed by atoms with E-state index < -0.39 is 0 Å². The Labute approximate surface area is 239 Å². The molecule has 1 aromatic carbocycles. The van der Waals surface area contributed by atoms with Crippen molar-refractivity contribution in [1.29, 1.82) is 0 Å². The zero-order chi connectivity index (χ0) is 28.1. The van der Waals surface area contributed by atoms with Crippen LogP contribution in [-0.4, -0.2) is 108 Å². The van der Waals surface area contributed by atoms with E-state index in [1.807, 2.05) is 4.90 Å². The SMILES string of the molecule is CNC(=O)CCN(Cc1ccc(Cl)c(Cl)c1)C(=O)CN1CNC2CCC(N3CCN(C(C)=O)CC3)CC2C1=O. The number of amides is 4. The van der Waals surface area contributed by atoms with Gasteiger partial charge < -0.3 is 20.0 Å². The van der Waals surface area contributed by atoms with E-state index in [-0.39, 0.29) is 61.6 Å². The summed E-state index contributed by atoms with van der Waals surface area (Å²) in [6, 6.07) is 5.59. The summed E-state index contributed by atoms with van der Waals surface area (Å²) in [4.78, 5) is 58.1. The number of benzene rings is 1. The fourth-order valence-corrected chi connectivity index (χ4v) is 6.17. The Hall–Kier alpha value is -2.40. The normalized spacial score (nSPS) is 23.8. The third-order valence-electron chi connectivity index (χ3n) is 8.20. The van der Waals surface area contributed by atoms with Gasteiger partial charge in [0.05, 0.1) is 22.6 Å². The number of rotatable bonds is 8. The van der Waals surface area contributed by atoms with Crippen LogP contribution in [0, 0.1) is 5.92 Å². The van der Waals surface area contributed by atoms with Crippen LogP contribution in [0.15, 0.2) is 18.2 Å². The van der Waals surface area contributed by atoms with E-state index >= 15 is 0 Å². The Morgan fingerprint density at radius 1 is 1.10 bits per heavy atom. The van der Waals surface area contributed by atoms with Crippen molar-refractivity contribution >= 4 is 46.8 Å². The third-order valence-corrected chi connectivity index (χ3v) is 8.93. The van der Waals surface area contributed by atoms with Gasteiger partial charge in [0.25, 0.3) is 0 Å². The van der Waals surface area contributed by atoms with Crippen LogP contribution in [0.25, 0.3) is 0 Å². The monoisotopic (exact) mass is 580 g/mol. The molecule has 4 rings (SSSR count). The molecule has 3 atom stereocenters. The zero-order valence-corrected chi connectivity index (χ0v) is 24.1. The molecule has 4 amide bonds. The highest BCUT2D eigenvalue weighted by molar-refractivity contribution is 6.42. The van der Waals surface area contributed by atoms with Crippen molar-refractivity contribution in [3.63, 3.8) is 0 Å². The number of hydrogen-bond donors (Lipinski definition) is 2. The minimum Gasteiger partial charge on any atom is -0.359 e. The molecule has 0 spiro atoms. The average molecular weight is 582 g/mol. The van der Waals surface area contributed by atoms with Gasteiger partial charge >= 0.3 is 0 Å². The second-order valence-electron chi connectivity index (χ2n) is 10.6. The molecule has 3 unspecified atom stereocenters. The van der Waals surface area contributed by atoms with Crippen LogP contribution < -0.4 is 10.6 Å². The van der Waals surface area contributed by atoms with E-state index in [0.717, 1.165) is 51.0 Å². The highest BCUT2D eigenvalue weighted by Gasteiger charge is 2.43. The molecule has 12 heteroatoms. The number of piperazine rings is 1. The molecule has 2 heterocycles. The molecule has 214 valence electrons. The van der Waals surface area contributed by atoms with Crippen LogP contribution in [0.2, 0.25) is 10.0 Å². The van der Waals surface area contributed by atoms with Gasteiger partial charge in [-0.15, -0.1) is 0 Å². The highest BCUT2D eigenvalue weighted by Crippen LogP contribution is 2.32. The molecule has 2 N–H and O–H groups in total. The maximum atomic E-state index is 13.6. The fourth-order valence-electron chi connectivity index (χ4n) is 5.85. The van der Waals surface area contributed by atoms with E-state index in [1.54, 1.807) is 42.0 Å². The van der Waals surface area contributed by atoms with Crippen LogP contribution in [0.1, 0.15) is 38.2 Å². The number of nitrogens with one attached hydrogen (secondary N) is 2. The highest BCUT2D eigenvalue weighted by atomic mass is 35.5. The minimum absolute atomic E-state index is 0.0000365. The summed E-state index contributed by atoms with van der Waals surface area (Å²) < 4.78 is 0. The Kier molecular flexibility index (Phi) is 10.1. The molecule has 2 aliphatic heterocycles. The molecule has 3 fully saturated rings. The average Bonchev–Trinajstić information content (AvgIpc) is 2.94. The zero-order valence-electron chi connectivity index (χ0n) is 22.6. The Bertz CT molecular complexity index is 1080. The summed E-state index contributed by atoms with van der Waals surface area (Å²) in [7, 11) is 1.56. The molecular formula is C27H38Cl2N6O4. The molecular weight excluding hydrogens is 543 g/mol.